The minimum Gasteiger partial charge on any atom is -0.491 e. The van der Waals surface area contributed by atoms with Crippen LogP contribution in [0.5, 0.6) is 5.75 Å². The van der Waals surface area contributed by atoms with E-state index < -0.39 is 0 Å². The van der Waals surface area contributed by atoms with Crippen LogP contribution in [0.3, 0.4) is 0 Å². The van der Waals surface area contributed by atoms with Gasteiger partial charge in [-0.05, 0) is 31.2 Å². The van der Waals surface area contributed by atoms with Gasteiger partial charge in [0.05, 0.1) is 6.61 Å². The average molecular weight is 229 g/mol. The van der Waals surface area contributed by atoms with Crippen LogP contribution < -0.4 is 10.1 Å². The molecule has 0 aliphatic rings. The maximum Gasteiger partial charge on any atom is 0.167 e. The van der Waals surface area contributed by atoms with Gasteiger partial charge in [0.15, 0.2) is 11.6 Å². The van der Waals surface area contributed by atoms with Crippen LogP contribution in [0, 0.1) is 5.82 Å². The molecule has 1 aromatic carbocycles. The van der Waals surface area contributed by atoms with Crippen molar-refractivity contribution in [3.05, 3.63) is 24.0 Å². The number of ether oxygens (including phenoxy) is 1. The fourth-order valence-corrected chi connectivity index (χ4v) is 1.35. The number of halogens is 1. The highest BCUT2D eigenvalue weighted by Gasteiger charge is 2.03. The number of thiol groups is 1. The number of anilines is 1. The molecule has 2 nitrogen and oxygen atoms in total. The van der Waals surface area contributed by atoms with Crippen molar-refractivity contribution in [2.24, 2.45) is 0 Å². The van der Waals surface area contributed by atoms with Gasteiger partial charge in [0.1, 0.15) is 0 Å². The summed E-state index contributed by atoms with van der Waals surface area (Å²) < 4.78 is 18.5. The Kier molecular flexibility index (Phi) is 5.32. The summed E-state index contributed by atoms with van der Waals surface area (Å²) in [4.78, 5) is 0. The lowest BCUT2D eigenvalue weighted by Gasteiger charge is -2.08. The highest BCUT2D eigenvalue weighted by atomic mass is 32.1. The van der Waals surface area contributed by atoms with Crippen molar-refractivity contribution in [2.45, 2.75) is 13.3 Å². The molecule has 0 bridgehead atoms. The largest absolute Gasteiger partial charge is 0.491 e. The van der Waals surface area contributed by atoms with E-state index in [0.29, 0.717) is 12.4 Å². The van der Waals surface area contributed by atoms with Crippen molar-refractivity contribution in [1.29, 1.82) is 0 Å². The second-order valence-electron chi connectivity index (χ2n) is 3.08. The Labute approximate surface area is 95.2 Å². The molecule has 0 fully saturated rings. The Bertz CT molecular complexity index is 307. The van der Waals surface area contributed by atoms with Crippen molar-refractivity contribution in [1.82, 2.24) is 0 Å². The fourth-order valence-electron chi connectivity index (χ4n) is 1.20. The van der Waals surface area contributed by atoms with E-state index in [1.165, 1.54) is 6.07 Å². The van der Waals surface area contributed by atoms with Gasteiger partial charge in [-0.15, -0.1) is 0 Å². The molecule has 1 N–H and O–H groups in total. The van der Waals surface area contributed by atoms with E-state index in [0.717, 1.165) is 24.4 Å². The predicted octanol–water partition coefficient (Wildman–Crippen LogP) is 2.96. The Morgan fingerprint density at radius 3 is 2.87 bits per heavy atom. The van der Waals surface area contributed by atoms with Crippen LogP contribution in [0.1, 0.15) is 13.3 Å². The molecule has 0 unspecified atom stereocenters. The number of rotatable bonds is 6. The third kappa shape index (κ3) is 4.00. The van der Waals surface area contributed by atoms with Crippen LogP contribution in [0.2, 0.25) is 0 Å². The van der Waals surface area contributed by atoms with Gasteiger partial charge in [-0.1, -0.05) is 0 Å². The van der Waals surface area contributed by atoms with Crippen LogP contribution in [0.15, 0.2) is 18.2 Å². The molecule has 0 heterocycles. The maximum absolute atomic E-state index is 13.4. The van der Waals surface area contributed by atoms with Crippen molar-refractivity contribution in [3.8, 4) is 5.75 Å². The Morgan fingerprint density at radius 1 is 1.47 bits per heavy atom. The monoisotopic (exact) mass is 229 g/mol. The van der Waals surface area contributed by atoms with Crippen molar-refractivity contribution in [2.75, 3.05) is 24.2 Å². The van der Waals surface area contributed by atoms with Crippen molar-refractivity contribution >= 4 is 18.3 Å². The zero-order valence-electron chi connectivity index (χ0n) is 8.79. The van der Waals surface area contributed by atoms with Crippen molar-refractivity contribution in [3.63, 3.8) is 0 Å². The lowest BCUT2D eigenvalue weighted by Crippen LogP contribution is -2.03. The van der Waals surface area contributed by atoms with Gasteiger partial charge in [0, 0.05) is 18.3 Å². The molecule has 0 saturated heterocycles. The number of hydrogen-bond acceptors (Lipinski definition) is 3. The zero-order valence-corrected chi connectivity index (χ0v) is 9.69. The molecule has 84 valence electrons. The van der Waals surface area contributed by atoms with Gasteiger partial charge in [-0.2, -0.15) is 12.6 Å². The van der Waals surface area contributed by atoms with E-state index in [2.05, 4.69) is 17.9 Å². The lowest BCUT2D eigenvalue weighted by atomic mass is 10.3. The van der Waals surface area contributed by atoms with Crippen molar-refractivity contribution < 1.29 is 9.13 Å². The predicted molar refractivity (Wildman–Crippen MR) is 64.5 cm³/mol. The zero-order chi connectivity index (χ0) is 11.1. The summed E-state index contributed by atoms with van der Waals surface area (Å²) >= 11 is 4.10. The van der Waals surface area contributed by atoms with Crippen LogP contribution >= 0.6 is 12.6 Å². The standard InChI is InChI=1S/C11H16FNOS/c1-2-14-11-5-4-9(8-10(11)12)13-6-3-7-15/h4-5,8,13,15H,2-3,6-7H2,1H3. The topological polar surface area (TPSA) is 21.3 Å². The van der Waals surface area contributed by atoms with Gasteiger partial charge >= 0.3 is 0 Å². The number of benzene rings is 1. The third-order valence-electron chi connectivity index (χ3n) is 1.90. The molecule has 0 radical (unpaired) electrons. The Balaban J connectivity index is 2.56. The normalized spacial score (nSPS) is 10.1. The maximum atomic E-state index is 13.4. The number of hydrogen-bond donors (Lipinski definition) is 2. The molecule has 0 atom stereocenters. The first-order valence-corrected chi connectivity index (χ1v) is 5.68. The summed E-state index contributed by atoms with van der Waals surface area (Å²) in [6.45, 7) is 3.11. The summed E-state index contributed by atoms with van der Waals surface area (Å²) in [6.07, 6.45) is 0.956. The lowest BCUT2D eigenvalue weighted by molar-refractivity contribution is 0.321. The minimum atomic E-state index is -0.326. The Morgan fingerprint density at radius 2 is 2.27 bits per heavy atom. The van der Waals surface area contributed by atoms with E-state index >= 15 is 0 Å². The summed E-state index contributed by atoms with van der Waals surface area (Å²) in [5.74, 6) is 0.803. The second-order valence-corrected chi connectivity index (χ2v) is 3.53. The van der Waals surface area contributed by atoms with E-state index in [1.54, 1.807) is 6.07 Å². The summed E-state index contributed by atoms with van der Waals surface area (Å²) in [5, 5.41) is 3.11. The molecule has 1 rings (SSSR count). The summed E-state index contributed by atoms with van der Waals surface area (Å²) in [7, 11) is 0. The number of nitrogens with one attached hydrogen (secondary N) is 1. The van der Waals surface area contributed by atoms with Gasteiger partial charge in [-0.3, -0.25) is 0 Å². The highest BCUT2D eigenvalue weighted by Crippen LogP contribution is 2.20. The SMILES string of the molecule is CCOc1ccc(NCCCS)cc1F. The summed E-state index contributed by atoms with van der Waals surface area (Å²) in [5.41, 5.74) is 0.776. The summed E-state index contributed by atoms with van der Waals surface area (Å²) in [6, 6.07) is 4.90. The fraction of sp³-hybridized carbons (Fsp3) is 0.455. The molecule has 0 spiro atoms. The first-order chi connectivity index (χ1) is 7.27. The third-order valence-corrected chi connectivity index (χ3v) is 2.21. The molecule has 0 amide bonds. The van der Waals surface area contributed by atoms with E-state index in [-0.39, 0.29) is 5.82 Å². The highest BCUT2D eigenvalue weighted by molar-refractivity contribution is 7.80. The van der Waals surface area contributed by atoms with Crippen LogP contribution in [-0.2, 0) is 0 Å². The first-order valence-electron chi connectivity index (χ1n) is 5.05. The molecule has 4 heteroatoms. The molecule has 0 aromatic heterocycles. The van der Waals surface area contributed by atoms with Crippen LogP contribution in [0.4, 0.5) is 10.1 Å². The van der Waals surface area contributed by atoms with Gasteiger partial charge in [0.2, 0.25) is 0 Å². The smallest absolute Gasteiger partial charge is 0.167 e. The average Bonchev–Trinajstić information content (AvgIpc) is 2.23. The Hall–Kier alpha value is -0.900. The van der Waals surface area contributed by atoms with Crippen LogP contribution in [0.25, 0.3) is 0 Å². The minimum absolute atomic E-state index is 0.303. The molecule has 0 aliphatic carbocycles. The van der Waals surface area contributed by atoms with E-state index in [4.69, 9.17) is 4.74 Å². The molecular weight excluding hydrogens is 213 g/mol. The quantitative estimate of drug-likeness (QED) is 0.578. The molecular formula is C11H16FNOS. The first kappa shape index (κ1) is 12.2. The van der Waals surface area contributed by atoms with Crippen LogP contribution in [-0.4, -0.2) is 18.9 Å². The molecule has 1 aromatic rings. The molecule has 0 saturated carbocycles. The molecule has 15 heavy (non-hydrogen) atoms. The second kappa shape index (κ2) is 6.56. The van der Waals surface area contributed by atoms with Gasteiger partial charge in [0.25, 0.3) is 0 Å². The van der Waals surface area contributed by atoms with Gasteiger partial charge < -0.3 is 10.1 Å². The van der Waals surface area contributed by atoms with E-state index in [1.807, 2.05) is 13.0 Å². The molecule has 0 aliphatic heterocycles. The van der Waals surface area contributed by atoms with Gasteiger partial charge in [-0.25, -0.2) is 4.39 Å². The van der Waals surface area contributed by atoms with E-state index in [9.17, 15) is 4.39 Å².